The smallest absolute Gasteiger partial charge is 0.255 e. The predicted octanol–water partition coefficient (Wildman–Crippen LogP) is 6.18. The summed E-state index contributed by atoms with van der Waals surface area (Å²) in [6.07, 6.45) is 0. The van der Waals surface area contributed by atoms with Crippen LogP contribution in [0, 0.1) is 6.92 Å². The van der Waals surface area contributed by atoms with Crippen molar-refractivity contribution in [1.82, 2.24) is 4.98 Å². The molecular weight excluding hydrogens is 348 g/mol. The van der Waals surface area contributed by atoms with Crippen LogP contribution in [0.25, 0.3) is 22.6 Å². The molecular formula is C24H22N2O2. The molecule has 0 aliphatic carbocycles. The molecule has 0 atom stereocenters. The summed E-state index contributed by atoms with van der Waals surface area (Å²) in [5.41, 5.74) is 6.10. The molecule has 0 fully saturated rings. The molecule has 0 saturated carbocycles. The highest BCUT2D eigenvalue weighted by atomic mass is 16.3. The number of carbonyl (C=O) groups is 1. The van der Waals surface area contributed by atoms with Crippen LogP contribution in [0.4, 0.5) is 5.69 Å². The second-order valence-electron chi connectivity index (χ2n) is 7.30. The van der Waals surface area contributed by atoms with Gasteiger partial charge in [-0.3, -0.25) is 4.79 Å². The van der Waals surface area contributed by atoms with Crippen molar-refractivity contribution in [1.29, 1.82) is 0 Å². The highest BCUT2D eigenvalue weighted by Crippen LogP contribution is 2.28. The van der Waals surface area contributed by atoms with Crippen LogP contribution in [0.1, 0.15) is 41.3 Å². The van der Waals surface area contributed by atoms with Crippen molar-refractivity contribution in [3.63, 3.8) is 0 Å². The molecule has 140 valence electrons. The number of rotatable bonds is 4. The van der Waals surface area contributed by atoms with E-state index in [9.17, 15) is 4.79 Å². The Morgan fingerprint density at radius 1 is 1.00 bits per heavy atom. The van der Waals surface area contributed by atoms with Crippen LogP contribution in [0.15, 0.2) is 71.1 Å². The number of anilines is 1. The summed E-state index contributed by atoms with van der Waals surface area (Å²) in [4.78, 5) is 17.1. The van der Waals surface area contributed by atoms with E-state index in [1.165, 1.54) is 5.56 Å². The van der Waals surface area contributed by atoms with Crippen molar-refractivity contribution < 1.29 is 9.21 Å². The van der Waals surface area contributed by atoms with Gasteiger partial charge in [-0.15, -0.1) is 0 Å². The van der Waals surface area contributed by atoms with Gasteiger partial charge < -0.3 is 9.73 Å². The number of nitrogens with one attached hydrogen (secondary N) is 1. The summed E-state index contributed by atoms with van der Waals surface area (Å²) >= 11 is 0. The van der Waals surface area contributed by atoms with Crippen LogP contribution in [-0.2, 0) is 0 Å². The first kappa shape index (κ1) is 18.0. The van der Waals surface area contributed by atoms with E-state index in [0.29, 0.717) is 23.1 Å². The fraction of sp³-hybridized carbons (Fsp3) is 0.167. The Morgan fingerprint density at radius 2 is 1.79 bits per heavy atom. The van der Waals surface area contributed by atoms with Gasteiger partial charge in [-0.2, -0.15) is 0 Å². The number of amides is 1. The van der Waals surface area contributed by atoms with Gasteiger partial charge in [0.2, 0.25) is 5.89 Å². The third-order valence-corrected chi connectivity index (χ3v) is 4.76. The normalized spacial score (nSPS) is 11.1. The zero-order valence-corrected chi connectivity index (χ0v) is 16.2. The molecule has 4 heteroatoms. The maximum Gasteiger partial charge on any atom is 0.255 e. The monoisotopic (exact) mass is 370 g/mol. The third kappa shape index (κ3) is 3.67. The summed E-state index contributed by atoms with van der Waals surface area (Å²) in [7, 11) is 0. The van der Waals surface area contributed by atoms with Crippen molar-refractivity contribution in [3.8, 4) is 11.5 Å². The zero-order valence-electron chi connectivity index (χ0n) is 16.2. The maximum atomic E-state index is 12.5. The Morgan fingerprint density at radius 3 is 2.54 bits per heavy atom. The quantitative estimate of drug-likeness (QED) is 0.467. The second-order valence-corrected chi connectivity index (χ2v) is 7.30. The summed E-state index contributed by atoms with van der Waals surface area (Å²) in [6.45, 7) is 6.31. The molecule has 4 aromatic rings. The number of oxazole rings is 1. The lowest BCUT2D eigenvalue weighted by atomic mass is 10.0. The zero-order chi connectivity index (χ0) is 19.7. The molecule has 1 aromatic heterocycles. The molecule has 0 aliphatic heterocycles. The minimum Gasteiger partial charge on any atom is -0.436 e. The molecule has 3 aromatic carbocycles. The fourth-order valence-electron chi connectivity index (χ4n) is 3.07. The van der Waals surface area contributed by atoms with Gasteiger partial charge >= 0.3 is 0 Å². The third-order valence-electron chi connectivity index (χ3n) is 4.76. The van der Waals surface area contributed by atoms with Crippen LogP contribution in [0.2, 0.25) is 0 Å². The van der Waals surface area contributed by atoms with E-state index in [1.54, 1.807) is 0 Å². The van der Waals surface area contributed by atoms with Gasteiger partial charge in [-0.05, 0) is 60.9 Å². The number of nitrogens with zero attached hydrogens (tertiary/aromatic N) is 1. The van der Waals surface area contributed by atoms with Crippen molar-refractivity contribution >= 4 is 22.7 Å². The van der Waals surface area contributed by atoms with E-state index in [-0.39, 0.29) is 5.91 Å². The van der Waals surface area contributed by atoms with Crippen LogP contribution in [0.3, 0.4) is 0 Å². The molecule has 0 unspecified atom stereocenters. The van der Waals surface area contributed by atoms with Crippen LogP contribution >= 0.6 is 0 Å². The number of carbonyl (C=O) groups excluding carboxylic acids is 1. The first-order valence-electron chi connectivity index (χ1n) is 9.38. The minimum atomic E-state index is -0.142. The molecule has 0 radical (unpaired) electrons. The molecule has 28 heavy (non-hydrogen) atoms. The number of fused-ring (bicyclic) bond motifs is 1. The minimum absolute atomic E-state index is 0.142. The number of aromatic nitrogens is 1. The van der Waals surface area contributed by atoms with Crippen molar-refractivity contribution in [2.45, 2.75) is 26.7 Å². The van der Waals surface area contributed by atoms with Gasteiger partial charge in [0.15, 0.2) is 5.58 Å². The molecule has 1 amide bonds. The SMILES string of the molecule is Cc1ccc(C(=O)Nc2cccc(-c3nc4cc(C(C)C)ccc4o3)c2)cc1. The van der Waals surface area contributed by atoms with Gasteiger partial charge in [0.25, 0.3) is 5.91 Å². The van der Waals surface area contributed by atoms with E-state index >= 15 is 0 Å². The number of benzene rings is 3. The molecule has 4 nitrogen and oxygen atoms in total. The summed E-state index contributed by atoms with van der Waals surface area (Å²) in [6, 6.07) is 21.1. The van der Waals surface area contributed by atoms with Gasteiger partial charge in [0, 0.05) is 16.8 Å². The Bertz CT molecular complexity index is 1140. The Kier molecular flexibility index (Phi) is 4.70. The lowest BCUT2D eigenvalue weighted by Gasteiger charge is -2.06. The number of hydrogen-bond acceptors (Lipinski definition) is 3. The van der Waals surface area contributed by atoms with Gasteiger partial charge in [-0.1, -0.05) is 43.7 Å². The first-order valence-corrected chi connectivity index (χ1v) is 9.38. The van der Waals surface area contributed by atoms with E-state index in [1.807, 2.05) is 61.5 Å². The van der Waals surface area contributed by atoms with E-state index < -0.39 is 0 Å². The largest absolute Gasteiger partial charge is 0.436 e. The van der Waals surface area contributed by atoms with Crippen molar-refractivity contribution in [3.05, 3.63) is 83.4 Å². The van der Waals surface area contributed by atoms with Gasteiger partial charge in [0.1, 0.15) is 5.52 Å². The summed E-state index contributed by atoms with van der Waals surface area (Å²) in [5, 5.41) is 2.94. The molecule has 0 aliphatic rings. The summed E-state index contributed by atoms with van der Waals surface area (Å²) < 4.78 is 5.92. The lowest BCUT2D eigenvalue weighted by Crippen LogP contribution is -2.11. The fourth-order valence-corrected chi connectivity index (χ4v) is 3.07. The van der Waals surface area contributed by atoms with E-state index in [2.05, 4.69) is 36.3 Å². The van der Waals surface area contributed by atoms with E-state index in [0.717, 1.165) is 22.2 Å². The second kappa shape index (κ2) is 7.31. The van der Waals surface area contributed by atoms with Crippen LogP contribution in [-0.4, -0.2) is 10.9 Å². The molecule has 0 spiro atoms. The molecule has 1 N–H and O–H groups in total. The summed E-state index contributed by atoms with van der Waals surface area (Å²) in [5.74, 6) is 0.837. The highest BCUT2D eigenvalue weighted by molar-refractivity contribution is 6.04. The maximum absolute atomic E-state index is 12.5. The first-order chi connectivity index (χ1) is 13.5. The molecule has 0 saturated heterocycles. The Labute approximate surface area is 164 Å². The molecule has 4 rings (SSSR count). The highest BCUT2D eigenvalue weighted by Gasteiger charge is 2.12. The van der Waals surface area contributed by atoms with Crippen LogP contribution in [0.5, 0.6) is 0 Å². The average molecular weight is 370 g/mol. The average Bonchev–Trinajstić information content (AvgIpc) is 3.12. The Hall–Kier alpha value is -3.40. The number of aryl methyl sites for hydroxylation is 1. The van der Waals surface area contributed by atoms with Crippen molar-refractivity contribution in [2.24, 2.45) is 0 Å². The number of hydrogen-bond donors (Lipinski definition) is 1. The topological polar surface area (TPSA) is 55.1 Å². The van der Waals surface area contributed by atoms with Gasteiger partial charge in [-0.25, -0.2) is 4.98 Å². The molecule has 1 heterocycles. The van der Waals surface area contributed by atoms with E-state index in [4.69, 9.17) is 4.42 Å². The van der Waals surface area contributed by atoms with Gasteiger partial charge in [0.05, 0.1) is 0 Å². The van der Waals surface area contributed by atoms with Crippen LogP contribution < -0.4 is 5.32 Å². The van der Waals surface area contributed by atoms with Crippen molar-refractivity contribution in [2.75, 3.05) is 5.32 Å². The standard InChI is InChI=1S/C24H22N2O2/c1-15(2)18-11-12-22-21(14-18)26-24(28-22)19-5-4-6-20(13-19)25-23(27)17-9-7-16(3)8-10-17/h4-15H,1-3H3,(H,25,27). The Balaban J connectivity index is 1.60. The lowest BCUT2D eigenvalue weighted by molar-refractivity contribution is 0.102. The molecule has 0 bridgehead atoms. The predicted molar refractivity (Wildman–Crippen MR) is 113 cm³/mol.